The molecule has 0 spiro atoms. The summed E-state index contributed by atoms with van der Waals surface area (Å²) in [6.07, 6.45) is 7.52. The first-order valence-electron chi connectivity index (χ1n) is 15.6. The van der Waals surface area contributed by atoms with Crippen LogP contribution in [0, 0.1) is 11.6 Å². The first-order valence-corrected chi connectivity index (χ1v) is 15.6. The Kier molecular flexibility index (Phi) is 6.52. The normalized spacial score (nSPS) is 22.0. The van der Waals surface area contributed by atoms with Gasteiger partial charge in [0.2, 0.25) is 0 Å². The summed E-state index contributed by atoms with van der Waals surface area (Å²) in [7, 11) is 0. The topological polar surface area (TPSA) is 72.9 Å². The van der Waals surface area contributed by atoms with Gasteiger partial charge in [0.05, 0.1) is 22.6 Å². The van der Waals surface area contributed by atoms with Crippen LogP contribution in [0.4, 0.5) is 25.8 Å². The lowest BCUT2D eigenvalue weighted by atomic mass is 9.93. The lowest BCUT2D eigenvalue weighted by molar-refractivity contribution is 0.103. The van der Waals surface area contributed by atoms with Crippen LogP contribution in [0.5, 0.6) is 0 Å². The van der Waals surface area contributed by atoms with Crippen molar-refractivity contribution in [1.29, 1.82) is 0 Å². The second kappa shape index (κ2) is 10.4. The second-order valence-electron chi connectivity index (χ2n) is 12.5. The Bertz CT molecular complexity index is 1710. The number of rotatable bonds is 5. The van der Waals surface area contributed by atoms with Crippen molar-refractivity contribution in [2.45, 2.75) is 37.8 Å². The summed E-state index contributed by atoms with van der Waals surface area (Å²) in [5.41, 5.74) is 3.45. The van der Waals surface area contributed by atoms with Gasteiger partial charge in [-0.05, 0) is 56.0 Å². The fourth-order valence-corrected chi connectivity index (χ4v) is 6.93. The van der Waals surface area contributed by atoms with Crippen molar-refractivity contribution in [3.8, 4) is 0 Å². The molecule has 3 aliphatic heterocycles. The molecule has 0 atom stereocenters. The SMILES string of the molecule is O=C1/C(=C/c2cn(C3CC3)c3cc(N4CCNCC4)c(F)cc3c2=O)CN(C2CC2)c2cc(N3CCNCC3)c(F)cc21. The van der Waals surface area contributed by atoms with Crippen LogP contribution in [0.1, 0.15) is 47.6 Å². The molecule has 0 radical (unpaired) electrons. The van der Waals surface area contributed by atoms with E-state index in [0.717, 1.165) is 63.1 Å². The zero-order chi connectivity index (χ0) is 29.2. The Balaban J connectivity index is 1.21. The molecule has 0 bridgehead atoms. The fourth-order valence-electron chi connectivity index (χ4n) is 6.93. The van der Waals surface area contributed by atoms with Crippen molar-refractivity contribution >= 4 is 39.8 Å². The number of aromatic nitrogens is 1. The fraction of sp³-hybridized carbons (Fsp3) is 0.455. The number of hydrogen-bond acceptors (Lipinski definition) is 7. The quantitative estimate of drug-likeness (QED) is 0.442. The van der Waals surface area contributed by atoms with Crippen molar-refractivity contribution < 1.29 is 13.6 Å². The van der Waals surface area contributed by atoms with Crippen LogP contribution >= 0.6 is 0 Å². The van der Waals surface area contributed by atoms with Crippen LogP contribution in [0.25, 0.3) is 17.0 Å². The molecule has 2 N–H and O–H groups in total. The molecule has 8 rings (SSSR count). The summed E-state index contributed by atoms with van der Waals surface area (Å²) < 4.78 is 33.0. The maximum atomic E-state index is 15.5. The number of anilines is 3. The minimum Gasteiger partial charge on any atom is -0.367 e. The van der Waals surface area contributed by atoms with Crippen LogP contribution in [-0.4, -0.2) is 75.3 Å². The predicted octanol–water partition coefficient (Wildman–Crippen LogP) is 3.68. The molecule has 0 unspecified atom stereocenters. The highest BCUT2D eigenvalue weighted by molar-refractivity contribution is 6.17. The molecule has 2 aliphatic carbocycles. The maximum absolute atomic E-state index is 15.5. The largest absolute Gasteiger partial charge is 0.367 e. The molecule has 0 amide bonds. The van der Waals surface area contributed by atoms with E-state index in [9.17, 15) is 9.59 Å². The number of piperazine rings is 2. The lowest BCUT2D eigenvalue weighted by Crippen LogP contribution is -2.44. The molecule has 2 saturated carbocycles. The van der Waals surface area contributed by atoms with Gasteiger partial charge in [0, 0.05) is 99.3 Å². The molecular formula is C33H36F2N6O2. The summed E-state index contributed by atoms with van der Waals surface area (Å²) in [6.45, 7) is 6.36. The highest BCUT2D eigenvalue weighted by Crippen LogP contribution is 2.42. The van der Waals surface area contributed by atoms with E-state index in [0.29, 0.717) is 66.2 Å². The van der Waals surface area contributed by atoms with Crippen molar-refractivity contribution in [3.63, 3.8) is 0 Å². The number of nitrogens with one attached hydrogen (secondary N) is 2. The smallest absolute Gasteiger partial charge is 0.196 e. The average molecular weight is 587 g/mol. The number of nitrogens with zero attached hydrogens (tertiary/aromatic N) is 4. The van der Waals surface area contributed by atoms with Gasteiger partial charge in [-0.15, -0.1) is 0 Å². The third-order valence-electron chi connectivity index (χ3n) is 9.55. The van der Waals surface area contributed by atoms with Crippen molar-refractivity contribution in [1.82, 2.24) is 15.2 Å². The molecular weight excluding hydrogens is 550 g/mol. The van der Waals surface area contributed by atoms with Gasteiger partial charge in [0.25, 0.3) is 0 Å². The highest BCUT2D eigenvalue weighted by atomic mass is 19.1. The molecule has 5 aliphatic rings. The molecule has 224 valence electrons. The van der Waals surface area contributed by atoms with Gasteiger partial charge in [-0.1, -0.05) is 0 Å². The predicted molar refractivity (Wildman–Crippen MR) is 166 cm³/mol. The van der Waals surface area contributed by atoms with Crippen LogP contribution in [0.2, 0.25) is 0 Å². The minimum absolute atomic E-state index is 0.241. The second-order valence-corrected chi connectivity index (χ2v) is 12.5. The van der Waals surface area contributed by atoms with E-state index in [1.54, 1.807) is 6.08 Å². The van der Waals surface area contributed by atoms with Crippen LogP contribution in [-0.2, 0) is 0 Å². The third kappa shape index (κ3) is 4.80. The maximum Gasteiger partial charge on any atom is 0.196 e. The number of pyridine rings is 1. The van der Waals surface area contributed by atoms with E-state index < -0.39 is 11.6 Å². The average Bonchev–Trinajstić information content (AvgIpc) is 3.95. The van der Waals surface area contributed by atoms with E-state index in [2.05, 4.69) is 20.1 Å². The van der Waals surface area contributed by atoms with Gasteiger partial charge in [-0.25, -0.2) is 8.78 Å². The summed E-state index contributed by atoms with van der Waals surface area (Å²) in [5, 5.41) is 6.93. The van der Waals surface area contributed by atoms with E-state index >= 15 is 8.78 Å². The number of benzene rings is 2. The van der Waals surface area contributed by atoms with Gasteiger partial charge in [-0.2, -0.15) is 0 Å². The number of halogens is 2. The monoisotopic (exact) mass is 586 g/mol. The number of carbonyl (C=O) groups is 1. The summed E-state index contributed by atoms with van der Waals surface area (Å²) in [6, 6.07) is 6.95. The molecule has 2 aromatic carbocycles. The first-order chi connectivity index (χ1) is 21.0. The van der Waals surface area contributed by atoms with Crippen LogP contribution < -0.4 is 30.8 Å². The Hall–Kier alpha value is -3.76. The van der Waals surface area contributed by atoms with Crippen molar-refractivity contribution in [2.24, 2.45) is 0 Å². The van der Waals surface area contributed by atoms with Crippen LogP contribution in [0.3, 0.4) is 0 Å². The highest BCUT2D eigenvalue weighted by Gasteiger charge is 2.38. The molecule has 8 nitrogen and oxygen atoms in total. The van der Waals surface area contributed by atoms with Crippen LogP contribution in [0.15, 0.2) is 40.8 Å². The molecule has 10 heteroatoms. The van der Waals surface area contributed by atoms with Gasteiger partial charge >= 0.3 is 0 Å². The number of fused-ring (bicyclic) bond motifs is 2. The van der Waals surface area contributed by atoms with E-state index in [1.165, 1.54) is 12.1 Å². The number of ketones is 1. The van der Waals surface area contributed by atoms with Crippen molar-refractivity contribution in [3.05, 3.63) is 69.0 Å². The lowest BCUT2D eigenvalue weighted by Gasteiger charge is -2.35. The molecule has 1 aromatic heterocycles. The van der Waals surface area contributed by atoms with E-state index in [-0.39, 0.29) is 23.3 Å². The summed E-state index contributed by atoms with van der Waals surface area (Å²) >= 11 is 0. The van der Waals surface area contributed by atoms with Gasteiger partial charge in [-0.3, -0.25) is 9.59 Å². The minimum atomic E-state index is -0.406. The number of Topliss-reactive ketones (excluding diaryl/α,β-unsaturated/α-hetero) is 1. The Morgan fingerprint density at radius 3 is 1.98 bits per heavy atom. The first kappa shape index (κ1) is 26.8. The van der Waals surface area contributed by atoms with E-state index in [1.807, 2.05) is 28.1 Å². The molecule has 43 heavy (non-hydrogen) atoms. The third-order valence-corrected chi connectivity index (χ3v) is 9.55. The van der Waals surface area contributed by atoms with Gasteiger partial charge < -0.3 is 29.9 Å². The Labute approximate surface area is 248 Å². The van der Waals surface area contributed by atoms with Gasteiger partial charge in [0.15, 0.2) is 11.2 Å². The zero-order valence-corrected chi connectivity index (χ0v) is 24.2. The molecule has 2 saturated heterocycles. The number of hydrogen-bond donors (Lipinski definition) is 2. The van der Waals surface area contributed by atoms with E-state index in [4.69, 9.17) is 0 Å². The standard InChI is InChI=1S/C33H36F2N6O2/c34-26-14-24-28(16-30(26)38-9-5-36-6-10-38)40(22-1-2-22)18-20(32(24)42)13-21-19-41(23-3-4-23)29-17-31(39-11-7-37-8-12-39)27(35)15-25(29)33(21)43/h13-18,22-23,36-37H,1-12,19H2/b21-13+. The van der Waals surface area contributed by atoms with Crippen molar-refractivity contribution in [2.75, 3.05) is 73.6 Å². The Morgan fingerprint density at radius 2 is 1.35 bits per heavy atom. The molecule has 4 fully saturated rings. The zero-order valence-electron chi connectivity index (χ0n) is 24.2. The summed E-state index contributed by atoms with van der Waals surface area (Å²) in [4.78, 5) is 34.0. The molecule has 3 aromatic rings. The molecule has 4 heterocycles. The van der Waals surface area contributed by atoms with Gasteiger partial charge in [0.1, 0.15) is 11.6 Å². The Morgan fingerprint density at radius 1 is 0.744 bits per heavy atom. The number of carbonyl (C=O) groups excluding carboxylic acids is 1. The summed E-state index contributed by atoms with van der Waals surface area (Å²) in [5.74, 6) is -1.06.